The topological polar surface area (TPSA) is 135 Å². The molecule has 0 saturated heterocycles. The molecule has 0 spiro atoms. The summed E-state index contributed by atoms with van der Waals surface area (Å²) in [6.07, 6.45) is 0. The molecular formula is C19H16N2O6. The molecule has 2 amide bonds. The molecule has 0 unspecified atom stereocenters. The fraction of sp³-hybridized carbons (Fsp3) is 0.105. The lowest BCUT2D eigenvalue weighted by Gasteiger charge is -2.11. The Kier molecular flexibility index (Phi) is 5.07. The van der Waals surface area contributed by atoms with Gasteiger partial charge in [0.15, 0.2) is 18.6 Å². The first kappa shape index (κ1) is 18.0. The van der Waals surface area contributed by atoms with E-state index in [-0.39, 0.29) is 34.5 Å². The number of ether oxygens (including phenoxy) is 2. The first-order valence-electron chi connectivity index (χ1n) is 7.93. The summed E-state index contributed by atoms with van der Waals surface area (Å²) in [7, 11) is 0. The molecule has 1 heterocycles. The van der Waals surface area contributed by atoms with Gasteiger partial charge in [0, 0.05) is 23.8 Å². The van der Waals surface area contributed by atoms with Crippen LogP contribution in [-0.4, -0.2) is 25.0 Å². The number of hydrogen-bond donors (Lipinski definition) is 2. The standard InChI is InChI=1S/C19H16N2O6/c20-17(23)9-25-12-6-15(26-10-18(21)24)19-13(22)8-14(27-16(19)7-12)11-4-2-1-3-5-11/h1-8H,9-10H2,(H2,20,23)(H2,21,24). The van der Waals surface area contributed by atoms with Crippen LogP contribution in [0.3, 0.4) is 0 Å². The van der Waals surface area contributed by atoms with Crippen LogP contribution < -0.4 is 26.4 Å². The fourth-order valence-electron chi connectivity index (χ4n) is 2.47. The third kappa shape index (κ3) is 4.24. The molecule has 3 rings (SSSR count). The second kappa shape index (κ2) is 7.61. The summed E-state index contributed by atoms with van der Waals surface area (Å²) >= 11 is 0. The van der Waals surface area contributed by atoms with E-state index in [1.807, 2.05) is 18.2 Å². The average molecular weight is 368 g/mol. The van der Waals surface area contributed by atoms with Crippen molar-refractivity contribution in [2.45, 2.75) is 0 Å². The first-order chi connectivity index (χ1) is 12.9. The molecule has 3 aromatic rings. The molecular weight excluding hydrogens is 352 g/mol. The molecule has 0 aliphatic carbocycles. The average Bonchev–Trinajstić information content (AvgIpc) is 2.64. The Morgan fingerprint density at radius 2 is 1.59 bits per heavy atom. The Morgan fingerprint density at radius 1 is 0.926 bits per heavy atom. The minimum Gasteiger partial charge on any atom is -0.484 e. The van der Waals surface area contributed by atoms with Gasteiger partial charge >= 0.3 is 0 Å². The van der Waals surface area contributed by atoms with E-state index in [0.29, 0.717) is 11.3 Å². The highest BCUT2D eigenvalue weighted by molar-refractivity contribution is 5.87. The zero-order valence-electron chi connectivity index (χ0n) is 14.1. The third-order valence-electron chi connectivity index (χ3n) is 3.58. The number of hydrogen-bond acceptors (Lipinski definition) is 6. The van der Waals surface area contributed by atoms with Gasteiger partial charge in [-0.1, -0.05) is 30.3 Å². The molecule has 0 aliphatic heterocycles. The number of nitrogens with two attached hydrogens (primary N) is 2. The van der Waals surface area contributed by atoms with Gasteiger partial charge in [0.05, 0.1) is 0 Å². The summed E-state index contributed by atoms with van der Waals surface area (Å²) < 4.78 is 16.4. The second-order valence-corrected chi connectivity index (χ2v) is 5.65. The minimum absolute atomic E-state index is 0.0548. The largest absolute Gasteiger partial charge is 0.484 e. The Bertz CT molecular complexity index is 1060. The lowest BCUT2D eigenvalue weighted by Crippen LogP contribution is -2.21. The predicted molar refractivity (Wildman–Crippen MR) is 97.3 cm³/mol. The normalized spacial score (nSPS) is 10.5. The zero-order valence-corrected chi connectivity index (χ0v) is 14.1. The summed E-state index contributed by atoms with van der Waals surface area (Å²) in [4.78, 5) is 34.6. The number of rotatable bonds is 7. The van der Waals surface area contributed by atoms with Gasteiger partial charge in [0.1, 0.15) is 28.2 Å². The van der Waals surface area contributed by atoms with Crippen LogP contribution in [0.25, 0.3) is 22.3 Å². The Labute approximate surface area is 153 Å². The summed E-state index contributed by atoms with van der Waals surface area (Å²) in [5.74, 6) is -0.791. The Morgan fingerprint density at radius 3 is 2.26 bits per heavy atom. The number of amides is 2. The smallest absolute Gasteiger partial charge is 0.255 e. The number of carbonyl (C=O) groups excluding carboxylic acids is 2. The number of carbonyl (C=O) groups is 2. The third-order valence-corrected chi connectivity index (χ3v) is 3.58. The molecule has 0 saturated carbocycles. The van der Waals surface area contributed by atoms with Crippen molar-refractivity contribution in [1.82, 2.24) is 0 Å². The van der Waals surface area contributed by atoms with Crippen LogP contribution >= 0.6 is 0 Å². The molecule has 0 aliphatic rings. The molecule has 0 atom stereocenters. The van der Waals surface area contributed by atoms with E-state index < -0.39 is 18.4 Å². The number of benzene rings is 2. The van der Waals surface area contributed by atoms with Crippen LogP contribution in [0.5, 0.6) is 11.5 Å². The number of fused-ring (bicyclic) bond motifs is 1. The van der Waals surface area contributed by atoms with Crippen molar-refractivity contribution in [2.75, 3.05) is 13.2 Å². The summed E-state index contributed by atoms with van der Waals surface area (Å²) in [5.41, 5.74) is 10.7. The van der Waals surface area contributed by atoms with Gasteiger partial charge < -0.3 is 25.4 Å². The molecule has 138 valence electrons. The number of primary amides is 2. The van der Waals surface area contributed by atoms with E-state index >= 15 is 0 Å². The SMILES string of the molecule is NC(=O)COc1cc(OCC(N)=O)c2c(=O)cc(-c3ccccc3)oc2c1. The van der Waals surface area contributed by atoms with Crippen molar-refractivity contribution in [3.8, 4) is 22.8 Å². The van der Waals surface area contributed by atoms with Crippen molar-refractivity contribution >= 4 is 22.8 Å². The van der Waals surface area contributed by atoms with Gasteiger partial charge in [0.2, 0.25) is 0 Å². The molecule has 2 aromatic carbocycles. The van der Waals surface area contributed by atoms with E-state index in [0.717, 1.165) is 0 Å². The maximum atomic E-state index is 12.6. The lowest BCUT2D eigenvalue weighted by atomic mass is 10.1. The van der Waals surface area contributed by atoms with Crippen molar-refractivity contribution in [3.05, 3.63) is 58.8 Å². The van der Waals surface area contributed by atoms with Gasteiger partial charge in [-0.25, -0.2) is 0 Å². The molecule has 8 heteroatoms. The van der Waals surface area contributed by atoms with E-state index in [9.17, 15) is 14.4 Å². The molecule has 27 heavy (non-hydrogen) atoms. The van der Waals surface area contributed by atoms with Crippen LogP contribution in [0.4, 0.5) is 0 Å². The van der Waals surface area contributed by atoms with Crippen LogP contribution in [-0.2, 0) is 9.59 Å². The Balaban J connectivity index is 2.14. The van der Waals surface area contributed by atoms with Crippen LogP contribution in [0.15, 0.2) is 57.7 Å². The summed E-state index contributed by atoms with van der Waals surface area (Å²) in [6, 6.07) is 13.2. The highest BCUT2D eigenvalue weighted by Gasteiger charge is 2.15. The lowest BCUT2D eigenvalue weighted by molar-refractivity contribution is -0.120. The predicted octanol–water partition coefficient (Wildman–Crippen LogP) is 1.19. The zero-order chi connectivity index (χ0) is 19.4. The van der Waals surface area contributed by atoms with E-state index in [1.165, 1.54) is 18.2 Å². The summed E-state index contributed by atoms with van der Waals surface area (Å²) in [6.45, 7) is -0.808. The highest BCUT2D eigenvalue weighted by Crippen LogP contribution is 2.32. The fourth-order valence-corrected chi connectivity index (χ4v) is 2.47. The van der Waals surface area contributed by atoms with Crippen molar-refractivity contribution in [1.29, 1.82) is 0 Å². The first-order valence-corrected chi connectivity index (χ1v) is 7.93. The highest BCUT2D eigenvalue weighted by atomic mass is 16.5. The van der Waals surface area contributed by atoms with Crippen molar-refractivity contribution in [3.63, 3.8) is 0 Å². The van der Waals surface area contributed by atoms with Gasteiger partial charge in [-0.15, -0.1) is 0 Å². The quantitative estimate of drug-likeness (QED) is 0.643. The Hall–Kier alpha value is -3.81. The van der Waals surface area contributed by atoms with E-state index in [1.54, 1.807) is 12.1 Å². The maximum absolute atomic E-state index is 12.6. The van der Waals surface area contributed by atoms with Gasteiger partial charge in [0.25, 0.3) is 11.8 Å². The van der Waals surface area contributed by atoms with Crippen molar-refractivity contribution < 1.29 is 23.5 Å². The van der Waals surface area contributed by atoms with E-state index in [2.05, 4.69) is 0 Å². The molecule has 1 aromatic heterocycles. The monoisotopic (exact) mass is 368 g/mol. The summed E-state index contributed by atoms with van der Waals surface area (Å²) in [5, 5.41) is 0.127. The molecule has 4 N–H and O–H groups in total. The maximum Gasteiger partial charge on any atom is 0.255 e. The molecule has 0 bridgehead atoms. The minimum atomic E-state index is -0.711. The van der Waals surface area contributed by atoms with Crippen LogP contribution in [0.2, 0.25) is 0 Å². The van der Waals surface area contributed by atoms with Gasteiger partial charge in [-0.2, -0.15) is 0 Å². The molecule has 0 radical (unpaired) electrons. The van der Waals surface area contributed by atoms with Gasteiger partial charge in [-0.05, 0) is 0 Å². The molecule has 8 nitrogen and oxygen atoms in total. The molecule has 0 fully saturated rings. The second-order valence-electron chi connectivity index (χ2n) is 5.65. The van der Waals surface area contributed by atoms with E-state index in [4.69, 9.17) is 25.4 Å². The van der Waals surface area contributed by atoms with Crippen molar-refractivity contribution in [2.24, 2.45) is 11.5 Å². The van der Waals surface area contributed by atoms with Gasteiger partial charge in [-0.3, -0.25) is 14.4 Å². The van der Waals surface area contributed by atoms with Crippen LogP contribution in [0.1, 0.15) is 0 Å². The van der Waals surface area contributed by atoms with Crippen LogP contribution in [0, 0.1) is 0 Å².